The average Bonchev–Trinajstić information content (AvgIpc) is 2.24. The van der Waals surface area contributed by atoms with Crippen LogP contribution in [0.4, 0.5) is 13.2 Å². The lowest BCUT2D eigenvalue weighted by molar-refractivity contribution is -0.153. The van der Waals surface area contributed by atoms with Crippen LogP contribution in [0, 0.1) is 11.3 Å². The second-order valence-electron chi connectivity index (χ2n) is 6.77. The minimum atomic E-state index is -4.26. The number of piperidine rings is 1. The molecule has 0 spiro atoms. The SMILES string of the molecule is CC(=O)N1CC(CC(F)(F)F)CC(NC(=O)C(C)(C)C)C1. The number of hydrogen-bond acceptors (Lipinski definition) is 2. The van der Waals surface area contributed by atoms with Crippen molar-refractivity contribution in [1.82, 2.24) is 10.2 Å². The molecule has 4 nitrogen and oxygen atoms in total. The number of rotatable bonds is 2. The van der Waals surface area contributed by atoms with Gasteiger partial charge in [-0.1, -0.05) is 20.8 Å². The normalized spacial score (nSPS) is 23.9. The maximum atomic E-state index is 12.6. The number of amides is 2. The summed E-state index contributed by atoms with van der Waals surface area (Å²) < 4.78 is 37.7. The number of carbonyl (C=O) groups is 2. The van der Waals surface area contributed by atoms with E-state index in [-0.39, 0.29) is 31.3 Å². The molecule has 0 aromatic heterocycles. The fourth-order valence-electron chi connectivity index (χ4n) is 2.44. The monoisotopic (exact) mass is 308 g/mol. The molecule has 1 aliphatic heterocycles. The van der Waals surface area contributed by atoms with E-state index in [1.54, 1.807) is 20.8 Å². The third-order valence-electron chi connectivity index (χ3n) is 3.52. The van der Waals surface area contributed by atoms with Crippen LogP contribution in [0.5, 0.6) is 0 Å². The first-order valence-corrected chi connectivity index (χ1v) is 7.01. The Morgan fingerprint density at radius 1 is 1.19 bits per heavy atom. The van der Waals surface area contributed by atoms with E-state index in [0.29, 0.717) is 0 Å². The fourth-order valence-corrected chi connectivity index (χ4v) is 2.44. The van der Waals surface area contributed by atoms with Crippen LogP contribution in [-0.2, 0) is 9.59 Å². The number of hydrogen-bond donors (Lipinski definition) is 1. The average molecular weight is 308 g/mol. The highest BCUT2D eigenvalue weighted by Crippen LogP contribution is 2.30. The third kappa shape index (κ3) is 5.93. The highest BCUT2D eigenvalue weighted by atomic mass is 19.4. The maximum absolute atomic E-state index is 12.6. The van der Waals surface area contributed by atoms with Crippen molar-refractivity contribution in [1.29, 1.82) is 0 Å². The lowest BCUT2D eigenvalue weighted by Gasteiger charge is -2.38. The lowest BCUT2D eigenvalue weighted by atomic mass is 9.89. The molecule has 0 aliphatic carbocycles. The molecule has 0 radical (unpaired) electrons. The van der Waals surface area contributed by atoms with Gasteiger partial charge < -0.3 is 10.2 Å². The molecular weight excluding hydrogens is 285 g/mol. The molecule has 1 heterocycles. The van der Waals surface area contributed by atoms with Crippen LogP contribution in [0.2, 0.25) is 0 Å². The first kappa shape index (κ1) is 17.8. The molecule has 1 fully saturated rings. The second kappa shape index (κ2) is 6.23. The Balaban J connectivity index is 2.75. The zero-order chi connectivity index (χ0) is 16.4. The first-order valence-electron chi connectivity index (χ1n) is 7.01. The van der Waals surface area contributed by atoms with Gasteiger partial charge in [-0.3, -0.25) is 9.59 Å². The molecule has 0 aromatic rings. The Morgan fingerprint density at radius 2 is 1.76 bits per heavy atom. The van der Waals surface area contributed by atoms with Crippen LogP contribution in [0.15, 0.2) is 0 Å². The molecule has 122 valence electrons. The topological polar surface area (TPSA) is 49.4 Å². The van der Waals surface area contributed by atoms with Gasteiger partial charge in [0, 0.05) is 37.9 Å². The van der Waals surface area contributed by atoms with Crippen molar-refractivity contribution in [3.63, 3.8) is 0 Å². The van der Waals surface area contributed by atoms with Crippen LogP contribution in [-0.4, -0.2) is 42.0 Å². The van der Waals surface area contributed by atoms with E-state index in [2.05, 4.69) is 5.32 Å². The number of likely N-dealkylation sites (tertiary alicyclic amines) is 1. The zero-order valence-electron chi connectivity index (χ0n) is 12.9. The molecule has 2 atom stereocenters. The molecule has 0 aromatic carbocycles. The molecule has 0 bridgehead atoms. The van der Waals surface area contributed by atoms with Crippen LogP contribution in [0.25, 0.3) is 0 Å². The lowest BCUT2D eigenvalue weighted by Crippen LogP contribution is -2.54. The van der Waals surface area contributed by atoms with Gasteiger partial charge in [-0.25, -0.2) is 0 Å². The summed E-state index contributed by atoms with van der Waals surface area (Å²) in [7, 11) is 0. The smallest absolute Gasteiger partial charge is 0.351 e. The minimum Gasteiger partial charge on any atom is -0.351 e. The standard InChI is InChI=1S/C14H23F3N2O2/c1-9(20)19-7-10(6-14(15,16)17)5-11(8-19)18-12(21)13(2,3)4/h10-11H,5-8H2,1-4H3,(H,18,21). The molecule has 2 amide bonds. The van der Waals surface area contributed by atoms with E-state index in [9.17, 15) is 22.8 Å². The van der Waals surface area contributed by atoms with E-state index in [4.69, 9.17) is 0 Å². The quantitative estimate of drug-likeness (QED) is 0.851. The zero-order valence-corrected chi connectivity index (χ0v) is 12.9. The molecule has 0 saturated carbocycles. The second-order valence-corrected chi connectivity index (χ2v) is 6.77. The number of alkyl halides is 3. The Kier molecular flexibility index (Phi) is 5.28. The molecule has 1 saturated heterocycles. The predicted octanol–water partition coefficient (Wildman–Crippen LogP) is 2.34. The summed E-state index contributed by atoms with van der Waals surface area (Å²) >= 11 is 0. The van der Waals surface area contributed by atoms with Crippen LogP contribution in [0.1, 0.15) is 40.5 Å². The van der Waals surface area contributed by atoms with Gasteiger partial charge >= 0.3 is 6.18 Å². The van der Waals surface area contributed by atoms with Crippen molar-refractivity contribution < 1.29 is 22.8 Å². The van der Waals surface area contributed by atoms with Gasteiger partial charge in [0.1, 0.15) is 0 Å². The number of nitrogens with one attached hydrogen (secondary N) is 1. The van der Waals surface area contributed by atoms with E-state index < -0.39 is 30.0 Å². The molecule has 21 heavy (non-hydrogen) atoms. The van der Waals surface area contributed by atoms with Gasteiger partial charge in [0.05, 0.1) is 0 Å². The molecule has 7 heteroatoms. The Morgan fingerprint density at radius 3 is 2.19 bits per heavy atom. The largest absolute Gasteiger partial charge is 0.389 e. The van der Waals surface area contributed by atoms with Crippen molar-refractivity contribution in [2.45, 2.75) is 52.8 Å². The van der Waals surface area contributed by atoms with E-state index in [1.807, 2.05) is 0 Å². The van der Waals surface area contributed by atoms with E-state index in [0.717, 1.165) is 0 Å². The van der Waals surface area contributed by atoms with Crippen molar-refractivity contribution in [2.75, 3.05) is 13.1 Å². The number of nitrogens with zero attached hydrogens (tertiary/aromatic N) is 1. The maximum Gasteiger partial charge on any atom is 0.389 e. The van der Waals surface area contributed by atoms with Crippen LogP contribution >= 0.6 is 0 Å². The van der Waals surface area contributed by atoms with Crippen molar-refractivity contribution >= 4 is 11.8 Å². The van der Waals surface area contributed by atoms with Crippen molar-refractivity contribution in [2.24, 2.45) is 11.3 Å². The van der Waals surface area contributed by atoms with E-state index in [1.165, 1.54) is 11.8 Å². The Bertz CT molecular complexity index is 402. The number of carbonyl (C=O) groups excluding carboxylic acids is 2. The Labute approximate surface area is 123 Å². The molecular formula is C14H23F3N2O2. The summed E-state index contributed by atoms with van der Waals surface area (Å²) in [5.41, 5.74) is -0.613. The van der Waals surface area contributed by atoms with Gasteiger partial charge in [0.25, 0.3) is 0 Å². The summed E-state index contributed by atoms with van der Waals surface area (Å²) in [5.74, 6) is -1.16. The third-order valence-corrected chi connectivity index (χ3v) is 3.52. The summed E-state index contributed by atoms with van der Waals surface area (Å²) in [6.45, 7) is 6.91. The first-order chi connectivity index (χ1) is 9.38. The van der Waals surface area contributed by atoms with Gasteiger partial charge in [-0.05, 0) is 12.3 Å². The van der Waals surface area contributed by atoms with E-state index >= 15 is 0 Å². The molecule has 1 N–H and O–H groups in total. The predicted molar refractivity (Wildman–Crippen MR) is 72.4 cm³/mol. The molecule has 1 aliphatic rings. The van der Waals surface area contributed by atoms with Gasteiger partial charge in [0.15, 0.2) is 0 Å². The fraction of sp³-hybridized carbons (Fsp3) is 0.857. The van der Waals surface area contributed by atoms with Crippen molar-refractivity contribution in [3.8, 4) is 0 Å². The molecule has 1 rings (SSSR count). The highest BCUT2D eigenvalue weighted by molar-refractivity contribution is 5.81. The van der Waals surface area contributed by atoms with Crippen LogP contribution < -0.4 is 5.32 Å². The van der Waals surface area contributed by atoms with Crippen LogP contribution in [0.3, 0.4) is 0 Å². The highest BCUT2D eigenvalue weighted by Gasteiger charge is 2.38. The van der Waals surface area contributed by atoms with Gasteiger partial charge in [-0.15, -0.1) is 0 Å². The Hall–Kier alpha value is -1.27. The summed E-state index contributed by atoms with van der Waals surface area (Å²) in [4.78, 5) is 24.8. The van der Waals surface area contributed by atoms with Gasteiger partial charge in [0.2, 0.25) is 11.8 Å². The summed E-state index contributed by atoms with van der Waals surface area (Å²) in [6.07, 6.45) is -4.95. The van der Waals surface area contributed by atoms with Crippen molar-refractivity contribution in [3.05, 3.63) is 0 Å². The minimum absolute atomic E-state index is 0.0940. The molecule has 2 unspecified atom stereocenters. The van der Waals surface area contributed by atoms with Gasteiger partial charge in [-0.2, -0.15) is 13.2 Å². The number of halogens is 3. The summed E-state index contributed by atoms with van der Waals surface area (Å²) in [6, 6.07) is -0.429. The summed E-state index contributed by atoms with van der Waals surface area (Å²) in [5, 5.41) is 2.76.